The Labute approximate surface area is 203 Å². The maximum absolute atomic E-state index is 12.2. The lowest BCUT2D eigenvalue weighted by molar-refractivity contribution is 0.0967. The zero-order chi connectivity index (χ0) is 22.5. The van der Waals surface area contributed by atoms with Crippen molar-refractivity contribution in [3.63, 3.8) is 0 Å². The number of hydrogen-bond acceptors (Lipinski definition) is 5. The molecule has 0 unspecified atom stereocenters. The minimum absolute atomic E-state index is 0.103. The number of anilines is 1. The molecule has 3 rings (SSSR count). The lowest BCUT2D eigenvalue weighted by Crippen LogP contribution is -2.34. The van der Waals surface area contributed by atoms with Crippen molar-refractivity contribution in [2.24, 2.45) is 0 Å². The van der Waals surface area contributed by atoms with Crippen LogP contribution in [0.25, 0.3) is 0 Å². The number of rotatable bonds is 4. The maximum Gasteiger partial charge on any atom is 0.326 e. The van der Waals surface area contributed by atoms with Crippen LogP contribution in [0.5, 0.6) is 11.6 Å². The SMILES string of the molecule is N#Cc1cnc(Oc2c(Br)cc(NC(=O)NC(=O)c3ccccc3Cl)cc2Br)c(Cl)c1. The molecule has 156 valence electrons. The van der Waals surface area contributed by atoms with Crippen molar-refractivity contribution in [2.75, 3.05) is 5.32 Å². The van der Waals surface area contributed by atoms with Crippen molar-refractivity contribution in [3.05, 3.63) is 78.8 Å². The van der Waals surface area contributed by atoms with Crippen LogP contribution in [0.2, 0.25) is 10.0 Å². The van der Waals surface area contributed by atoms with Gasteiger partial charge in [0.1, 0.15) is 11.1 Å². The number of nitriles is 1. The topological polar surface area (TPSA) is 104 Å². The molecule has 3 aromatic rings. The zero-order valence-corrected chi connectivity index (χ0v) is 19.9. The highest BCUT2D eigenvalue weighted by atomic mass is 79.9. The van der Waals surface area contributed by atoms with E-state index in [2.05, 4.69) is 47.5 Å². The number of ether oxygens (including phenoxy) is 1. The number of nitrogens with one attached hydrogen (secondary N) is 2. The molecule has 31 heavy (non-hydrogen) atoms. The van der Waals surface area contributed by atoms with Crippen LogP contribution in [0.3, 0.4) is 0 Å². The average molecular weight is 585 g/mol. The fourth-order valence-corrected chi connectivity index (χ4v) is 4.14. The summed E-state index contributed by atoms with van der Waals surface area (Å²) in [5, 5.41) is 14.1. The number of nitrogens with zero attached hydrogens (tertiary/aromatic N) is 2. The number of urea groups is 1. The van der Waals surface area contributed by atoms with Crippen molar-refractivity contribution in [3.8, 4) is 17.7 Å². The van der Waals surface area contributed by atoms with Gasteiger partial charge in [-0.05, 0) is 62.2 Å². The van der Waals surface area contributed by atoms with Gasteiger partial charge in [-0.2, -0.15) is 5.26 Å². The minimum atomic E-state index is -0.741. The number of hydrogen-bond donors (Lipinski definition) is 2. The number of benzene rings is 2. The molecular weight excluding hydrogens is 575 g/mol. The molecule has 0 saturated heterocycles. The van der Waals surface area contributed by atoms with Crippen molar-refractivity contribution < 1.29 is 14.3 Å². The summed E-state index contributed by atoms with van der Waals surface area (Å²) in [5.74, 6) is -0.189. The van der Waals surface area contributed by atoms with E-state index in [0.29, 0.717) is 25.9 Å². The third kappa shape index (κ3) is 5.74. The maximum atomic E-state index is 12.2. The molecule has 1 aromatic heterocycles. The summed E-state index contributed by atoms with van der Waals surface area (Å²) in [6, 6.07) is 12.1. The fourth-order valence-electron chi connectivity index (χ4n) is 2.37. The molecule has 1 heterocycles. The van der Waals surface area contributed by atoms with Gasteiger partial charge in [-0.1, -0.05) is 35.3 Å². The van der Waals surface area contributed by atoms with Crippen LogP contribution in [0, 0.1) is 11.3 Å². The van der Waals surface area contributed by atoms with Gasteiger partial charge in [0.05, 0.1) is 25.1 Å². The van der Waals surface area contributed by atoms with E-state index < -0.39 is 11.9 Å². The van der Waals surface area contributed by atoms with Crippen LogP contribution in [0.4, 0.5) is 10.5 Å². The second-order valence-corrected chi connectivity index (χ2v) is 8.41. The smallest absolute Gasteiger partial charge is 0.326 e. The van der Waals surface area contributed by atoms with Crippen LogP contribution in [0.1, 0.15) is 15.9 Å². The van der Waals surface area contributed by atoms with Gasteiger partial charge in [-0.15, -0.1) is 0 Å². The molecule has 0 radical (unpaired) electrons. The van der Waals surface area contributed by atoms with Gasteiger partial charge in [0.25, 0.3) is 5.91 Å². The molecule has 2 aromatic carbocycles. The Morgan fingerprint density at radius 1 is 1.06 bits per heavy atom. The molecule has 0 aliphatic rings. The molecule has 7 nitrogen and oxygen atoms in total. The Kier molecular flexibility index (Phi) is 7.51. The van der Waals surface area contributed by atoms with Gasteiger partial charge in [-0.25, -0.2) is 9.78 Å². The van der Waals surface area contributed by atoms with Crippen LogP contribution in [-0.4, -0.2) is 16.9 Å². The first-order chi connectivity index (χ1) is 14.8. The molecule has 0 bridgehead atoms. The Hall–Kier alpha value is -2.64. The quantitative estimate of drug-likeness (QED) is 0.362. The van der Waals surface area contributed by atoms with Gasteiger partial charge < -0.3 is 10.1 Å². The number of imide groups is 1. The highest BCUT2D eigenvalue weighted by molar-refractivity contribution is 9.11. The van der Waals surface area contributed by atoms with Crippen molar-refractivity contribution in [1.29, 1.82) is 5.26 Å². The van der Waals surface area contributed by atoms with E-state index in [4.69, 9.17) is 33.2 Å². The predicted molar refractivity (Wildman–Crippen MR) is 124 cm³/mol. The first-order valence-corrected chi connectivity index (χ1v) is 10.7. The molecule has 2 N–H and O–H groups in total. The normalized spacial score (nSPS) is 10.2. The highest BCUT2D eigenvalue weighted by Gasteiger charge is 2.16. The van der Waals surface area contributed by atoms with Crippen LogP contribution in [0.15, 0.2) is 57.6 Å². The molecule has 0 aliphatic carbocycles. The van der Waals surface area contributed by atoms with Crippen molar-refractivity contribution >= 4 is 72.7 Å². The molecule has 0 spiro atoms. The monoisotopic (exact) mass is 582 g/mol. The summed E-state index contributed by atoms with van der Waals surface area (Å²) in [5.41, 5.74) is 0.846. The fraction of sp³-hybridized carbons (Fsp3) is 0. The lowest BCUT2D eigenvalue weighted by atomic mass is 10.2. The van der Waals surface area contributed by atoms with E-state index >= 15 is 0 Å². The Morgan fingerprint density at radius 2 is 1.74 bits per heavy atom. The minimum Gasteiger partial charge on any atom is -0.435 e. The van der Waals surface area contributed by atoms with Gasteiger partial charge in [0.15, 0.2) is 5.75 Å². The summed E-state index contributed by atoms with van der Waals surface area (Å²) >= 11 is 18.8. The first kappa shape index (κ1) is 23.0. The van der Waals surface area contributed by atoms with Crippen molar-refractivity contribution in [2.45, 2.75) is 0 Å². The van der Waals surface area contributed by atoms with Gasteiger partial charge >= 0.3 is 6.03 Å². The average Bonchev–Trinajstić information content (AvgIpc) is 2.71. The summed E-state index contributed by atoms with van der Waals surface area (Å²) < 4.78 is 6.66. The number of pyridine rings is 1. The summed E-state index contributed by atoms with van der Waals surface area (Å²) in [6.07, 6.45) is 1.33. The third-order valence-electron chi connectivity index (χ3n) is 3.74. The van der Waals surface area contributed by atoms with E-state index in [1.165, 1.54) is 18.3 Å². The van der Waals surface area contributed by atoms with E-state index in [9.17, 15) is 9.59 Å². The second kappa shape index (κ2) is 10.1. The second-order valence-electron chi connectivity index (χ2n) is 5.88. The lowest BCUT2D eigenvalue weighted by Gasteiger charge is -2.13. The Balaban J connectivity index is 1.73. The summed E-state index contributed by atoms with van der Waals surface area (Å²) in [4.78, 5) is 28.4. The van der Waals surface area contributed by atoms with E-state index in [1.807, 2.05) is 6.07 Å². The number of aromatic nitrogens is 1. The number of halogens is 4. The molecule has 0 aliphatic heterocycles. The van der Waals surface area contributed by atoms with Crippen LogP contribution < -0.4 is 15.4 Å². The Morgan fingerprint density at radius 3 is 2.35 bits per heavy atom. The Bertz CT molecular complexity index is 1210. The zero-order valence-electron chi connectivity index (χ0n) is 15.2. The van der Waals surface area contributed by atoms with Crippen LogP contribution in [-0.2, 0) is 0 Å². The molecule has 0 saturated carbocycles. The molecule has 0 atom stereocenters. The van der Waals surface area contributed by atoms with Gasteiger partial charge in [0, 0.05) is 11.9 Å². The van der Waals surface area contributed by atoms with E-state index in [-0.39, 0.29) is 21.5 Å². The standard InChI is InChI=1S/C20H10Br2Cl2N4O3/c21-13-6-11(27-20(30)28-18(29)12-3-1-2-4-15(12)23)7-14(22)17(13)31-19-16(24)5-10(8-25)9-26-19/h1-7,9H,(H2,27,28,29,30). The molecule has 11 heteroatoms. The highest BCUT2D eigenvalue weighted by Crippen LogP contribution is 2.40. The number of carbonyl (C=O) groups is 2. The molecular formula is C20H10Br2Cl2N4O3. The van der Waals surface area contributed by atoms with E-state index in [1.54, 1.807) is 30.3 Å². The number of carbonyl (C=O) groups excluding carboxylic acids is 2. The first-order valence-electron chi connectivity index (χ1n) is 8.38. The molecule has 0 fully saturated rings. The third-order valence-corrected chi connectivity index (χ3v) is 5.52. The van der Waals surface area contributed by atoms with Gasteiger partial charge in [0.2, 0.25) is 5.88 Å². The van der Waals surface area contributed by atoms with Gasteiger partial charge in [-0.3, -0.25) is 10.1 Å². The predicted octanol–water partition coefficient (Wildman–Crippen LogP) is 6.54. The summed E-state index contributed by atoms with van der Waals surface area (Å²) in [6.45, 7) is 0. The molecule has 3 amide bonds. The summed E-state index contributed by atoms with van der Waals surface area (Å²) in [7, 11) is 0. The van der Waals surface area contributed by atoms with Crippen molar-refractivity contribution in [1.82, 2.24) is 10.3 Å². The largest absolute Gasteiger partial charge is 0.435 e. The van der Waals surface area contributed by atoms with E-state index in [0.717, 1.165) is 0 Å². The number of amides is 3. The van der Waals surface area contributed by atoms with Crippen LogP contribution >= 0.6 is 55.1 Å².